The molecule has 0 unspecified atom stereocenters. The Balaban J connectivity index is 1.43. The van der Waals surface area contributed by atoms with Gasteiger partial charge in [-0.15, -0.1) is 0 Å². The summed E-state index contributed by atoms with van der Waals surface area (Å²) in [5.41, 5.74) is 4.35. The first-order valence-corrected chi connectivity index (χ1v) is 10.0. The number of ether oxygens (including phenoxy) is 2. The number of carbonyl (C=O) groups excluding carboxylic acids is 1. The van der Waals surface area contributed by atoms with Crippen LogP contribution in [0.4, 0.5) is 10.7 Å². The fourth-order valence-electron chi connectivity index (χ4n) is 3.43. The Bertz CT molecular complexity index is 1030. The summed E-state index contributed by atoms with van der Waals surface area (Å²) >= 11 is 0. The van der Waals surface area contributed by atoms with Crippen molar-refractivity contribution in [1.29, 1.82) is 0 Å². The third-order valence-electron chi connectivity index (χ3n) is 5.44. The van der Waals surface area contributed by atoms with Crippen LogP contribution in [0.15, 0.2) is 60.8 Å². The van der Waals surface area contributed by atoms with E-state index in [4.69, 9.17) is 9.47 Å². The van der Waals surface area contributed by atoms with Gasteiger partial charge >= 0.3 is 6.09 Å². The van der Waals surface area contributed by atoms with E-state index in [9.17, 15) is 4.79 Å². The van der Waals surface area contributed by atoms with E-state index in [0.29, 0.717) is 31.4 Å². The second-order valence-electron chi connectivity index (χ2n) is 7.92. The van der Waals surface area contributed by atoms with Crippen LogP contribution in [0, 0.1) is 6.92 Å². The molecule has 0 radical (unpaired) electrons. The van der Waals surface area contributed by atoms with Gasteiger partial charge in [0.15, 0.2) is 0 Å². The molecule has 6 nitrogen and oxygen atoms in total. The van der Waals surface area contributed by atoms with Crippen LogP contribution in [0.1, 0.15) is 36.2 Å². The van der Waals surface area contributed by atoms with Crippen LogP contribution in [-0.4, -0.2) is 29.2 Å². The van der Waals surface area contributed by atoms with Crippen molar-refractivity contribution in [2.75, 3.05) is 18.1 Å². The molecule has 30 heavy (non-hydrogen) atoms. The van der Waals surface area contributed by atoms with Crippen LogP contribution in [0.3, 0.4) is 0 Å². The predicted molar refractivity (Wildman–Crippen MR) is 115 cm³/mol. The highest BCUT2D eigenvalue weighted by molar-refractivity contribution is 5.86. The topological polar surface area (TPSA) is 64.6 Å². The molecule has 2 heterocycles. The predicted octanol–water partition coefficient (Wildman–Crippen LogP) is 4.65. The van der Waals surface area contributed by atoms with Crippen molar-refractivity contribution in [2.24, 2.45) is 0 Å². The zero-order valence-electron chi connectivity index (χ0n) is 17.5. The Labute approximate surface area is 176 Å². The number of benzene rings is 2. The number of aryl methyl sites for hydroxylation is 1. The summed E-state index contributed by atoms with van der Waals surface area (Å²) in [6, 6.07) is 18.6. The summed E-state index contributed by atoms with van der Waals surface area (Å²) < 4.78 is 10.8. The van der Waals surface area contributed by atoms with Crippen molar-refractivity contribution >= 4 is 12.0 Å². The van der Waals surface area contributed by atoms with Gasteiger partial charge < -0.3 is 9.47 Å². The molecule has 1 amide bonds. The maximum Gasteiger partial charge on any atom is 0.416 e. The lowest BCUT2D eigenvalue weighted by molar-refractivity contribution is 0.181. The molecule has 0 saturated carbocycles. The molecule has 1 aromatic heterocycles. The average molecular weight is 403 g/mol. The highest BCUT2D eigenvalue weighted by atomic mass is 16.6. The van der Waals surface area contributed by atoms with Crippen molar-refractivity contribution in [3.63, 3.8) is 0 Å². The Hall–Kier alpha value is -3.41. The van der Waals surface area contributed by atoms with E-state index in [0.717, 1.165) is 5.75 Å². The second kappa shape index (κ2) is 8.14. The molecule has 4 rings (SSSR count). The smallest absolute Gasteiger partial charge is 0.416 e. The third kappa shape index (κ3) is 4.13. The first-order valence-electron chi connectivity index (χ1n) is 10.0. The standard InChI is InChI=1S/C24H25N3O3/c1-17-4-6-18(7-5-17)24(2,3)19-8-10-21(11-9-19)30-16-20-12-13-25-22(26-20)27-14-15-29-23(27)28/h4-13H,14-16H2,1-3H3. The maximum atomic E-state index is 11.7. The van der Waals surface area contributed by atoms with Gasteiger partial charge in [-0.3, -0.25) is 0 Å². The monoisotopic (exact) mass is 403 g/mol. The first kappa shape index (κ1) is 19.9. The summed E-state index contributed by atoms with van der Waals surface area (Å²) in [5, 5.41) is 0. The van der Waals surface area contributed by atoms with Gasteiger partial charge in [-0.1, -0.05) is 55.8 Å². The number of cyclic esters (lactones) is 1. The molecular weight excluding hydrogens is 378 g/mol. The van der Waals surface area contributed by atoms with Gasteiger partial charge in [-0.2, -0.15) is 0 Å². The Morgan fingerprint density at radius 1 is 1.03 bits per heavy atom. The molecule has 154 valence electrons. The van der Waals surface area contributed by atoms with E-state index in [1.165, 1.54) is 21.6 Å². The zero-order chi connectivity index (χ0) is 21.1. The Morgan fingerprint density at radius 3 is 2.33 bits per heavy atom. The zero-order valence-corrected chi connectivity index (χ0v) is 17.5. The number of anilines is 1. The summed E-state index contributed by atoms with van der Waals surface area (Å²) in [7, 11) is 0. The summed E-state index contributed by atoms with van der Waals surface area (Å²) in [6.45, 7) is 7.65. The van der Waals surface area contributed by atoms with Crippen molar-refractivity contribution in [2.45, 2.75) is 32.8 Å². The van der Waals surface area contributed by atoms with Gasteiger partial charge in [0.05, 0.1) is 12.2 Å². The van der Waals surface area contributed by atoms with Crippen molar-refractivity contribution in [3.05, 3.63) is 83.2 Å². The molecule has 3 aromatic rings. The van der Waals surface area contributed by atoms with E-state index in [-0.39, 0.29) is 5.41 Å². The number of nitrogens with zero attached hydrogens (tertiary/aromatic N) is 3. The number of amides is 1. The van der Waals surface area contributed by atoms with Gasteiger partial charge in [0, 0.05) is 11.6 Å². The molecule has 0 atom stereocenters. The minimum atomic E-state index is -0.417. The van der Waals surface area contributed by atoms with Crippen molar-refractivity contribution in [3.8, 4) is 5.75 Å². The number of hydrogen-bond donors (Lipinski definition) is 0. The van der Waals surface area contributed by atoms with Gasteiger partial charge in [-0.05, 0) is 36.2 Å². The number of rotatable bonds is 6. The van der Waals surface area contributed by atoms with Crippen LogP contribution >= 0.6 is 0 Å². The number of carbonyl (C=O) groups is 1. The lowest BCUT2D eigenvalue weighted by Gasteiger charge is -2.26. The quantitative estimate of drug-likeness (QED) is 0.600. The minimum absolute atomic E-state index is 0.0991. The van der Waals surface area contributed by atoms with Crippen LogP contribution in [0.5, 0.6) is 5.75 Å². The van der Waals surface area contributed by atoms with E-state index in [1.54, 1.807) is 12.3 Å². The molecule has 0 N–H and O–H groups in total. The van der Waals surface area contributed by atoms with Crippen LogP contribution in [0.2, 0.25) is 0 Å². The van der Waals surface area contributed by atoms with Crippen molar-refractivity contribution < 1.29 is 14.3 Å². The van der Waals surface area contributed by atoms with E-state index >= 15 is 0 Å². The molecule has 1 aliphatic heterocycles. The molecule has 0 aliphatic carbocycles. The SMILES string of the molecule is Cc1ccc(C(C)(C)c2ccc(OCc3ccnc(N4CCOC4=O)n3)cc2)cc1. The van der Waals surface area contributed by atoms with E-state index in [2.05, 4.69) is 67.1 Å². The van der Waals surface area contributed by atoms with Crippen LogP contribution < -0.4 is 9.64 Å². The molecular formula is C24H25N3O3. The normalized spacial score (nSPS) is 14.0. The third-order valence-corrected chi connectivity index (χ3v) is 5.44. The summed E-state index contributed by atoms with van der Waals surface area (Å²) in [6.07, 6.45) is 1.21. The average Bonchev–Trinajstić information content (AvgIpc) is 3.19. The van der Waals surface area contributed by atoms with Crippen LogP contribution in [-0.2, 0) is 16.8 Å². The lowest BCUT2D eigenvalue weighted by Crippen LogP contribution is -2.25. The summed E-state index contributed by atoms with van der Waals surface area (Å²) in [5.74, 6) is 1.10. The Morgan fingerprint density at radius 2 is 1.70 bits per heavy atom. The second-order valence-corrected chi connectivity index (χ2v) is 7.92. The fraction of sp³-hybridized carbons (Fsp3) is 0.292. The molecule has 2 aromatic carbocycles. The molecule has 0 bridgehead atoms. The number of aromatic nitrogens is 2. The van der Waals surface area contributed by atoms with E-state index in [1.807, 2.05) is 12.1 Å². The largest absolute Gasteiger partial charge is 0.487 e. The molecule has 1 saturated heterocycles. The van der Waals surface area contributed by atoms with E-state index < -0.39 is 6.09 Å². The first-order chi connectivity index (χ1) is 14.4. The van der Waals surface area contributed by atoms with Gasteiger partial charge in [-0.25, -0.2) is 19.7 Å². The highest BCUT2D eigenvalue weighted by Gasteiger charge is 2.26. The number of hydrogen-bond acceptors (Lipinski definition) is 5. The molecule has 1 aliphatic rings. The Kier molecular flexibility index (Phi) is 5.40. The van der Waals surface area contributed by atoms with Gasteiger partial charge in [0.25, 0.3) is 0 Å². The molecule has 6 heteroatoms. The maximum absolute atomic E-state index is 11.7. The van der Waals surface area contributed by atoms with Crippen LogP contribution in [0.25, 0.3) is 0 Å². The lowest BCUT2D eigenvalue weighted by atomic mass is 9.78. The van der Waals surface area contributed by atoms with Gasteiger partial charge in [0.2, 0.25) is 5.95 Å². The highest BCUT2D eigenvalue weighted by Crippen LogP contribution is 2.32. The van der Waals surface area contributed by atoms with Crippen molar-refractivity contribution in [1.82, 2.24) is 9.97 Å². The summed E-state index contributed by atoms with van der Waals surface area (Å²) in [4.78, 5) is 21.7. The fourth-order valence-corrected chi connectivity index (χ4v) is 3.43. The van der Waals surface area contributed by atoms with Gasteiger partial charge in [0.1, 0.15) is 19.0 Å². The molecule has 0 spiro atoms. The molecule has 1 fully saturated rings. The minimum Gasteiger partial charge on any atom is -0.487 e.